The Hall–Kier alpha value is -1.92. The fraction of sp³-hybridized carbons (Fsp3) is 0.619. The van der Waals surface area contributed by atoms with E-state index in [4.69, 9.17) is 0 Å². The second kappa shape index (κ2) is 7.98. The van der Waals surface area contributed by atoms with Gasteiger partial charge < -0.3 is 9.80 Å². The van der Waals surface area contributed by atoms with Crippen LogP contribution in [0.1, 0.15) is 38.2 Å². The molecule has 4 aliphatic rings. The minimum absolute atomic E-state index is 0.0277. The van der Waals surface area contributed by atoms with Gasteiger partial charge in [-0.15, -0.1) is 0 Å². The largest absolute Gasteiger partial charge is 0.340 e. The third kappa shape index (κ3) is 3.73. The normalized spacial score (nSPS) is 30.6. The second-order valence-corrected chi connectivity index (χ2v) is 8.15. The van der Waals surface area contributed by atoms with E-state index in [-0.39, 0.29) is 35.7 Å². The van der Waals surface area contributed by atoms with Crippen LogP contribution in [0.3, 0.4) is 0 Å². The minimum atomic E-state index is -0.0524. The number of carbonyl (C=O) groups is 2. The quantitative estimate of drug-likeness (QED) is 0.825. The molecule has 2 N–H and O–H groups in total. The number of nitrogens with zero attached hydrogens (tertiary/aromatic N) is 2. The molecule has 2 bridgehead atoms. The third-order valence-corrected chi connectivity index (χ3v) is 6.31. The van der Waals surface area contributed by atoms with Gasteiger partial charge in [-0.05, 0) is 24.8 Å². The lowest BCUT2D eigenvalue weighted by atomic mass is 9.93. The first-order valence-electron chi connectivity index (χ1n) is 10.3. The lowest BCUT2D eigenvalue weighted by molar-refractivity contribution is -0.140. The SMILES string of the molecule is CCCC1NNCC1C(=O)N1C[C@H]2CC[C@@H](C1)N(Cc1ccccc1)C2=O. The third-order valence-electron chi connectivity index (χ3n) is 6.31. The van der Waals surface area contributed by atoms with Crippen molar-refractivity contribution in [3.8, 4) is 0 Å². The van der Waals surface area contributed by atoms with Gasteiger partial charge in [0.05, 0.1) is 11.8 Å². The number of benzene rings is 1. The van der Waals surface area contributed by atoms with E-state index >= 15 is 0 Å². The summed E-state index contributed by atoms with van der Waals surface area (Å²) in [6.45, 7) is 4.72. The molecule has 6 heteroatoms. The van der Waals surface area contributed by atoms with E-state index < -0.39 is 0 Å². The van der Waals surface area contributed by atoms with Crippen LogP contribution in [-0.4, -0.2) is 53.3 Å². The monoisotopic (exact) mass is 370 g/mol. The lowest BCUT2D eigenvalue weighted by Crippen LogP contribution is -2.48. The first kappa shape index (κ1) is 18.4. The number of rotatable bonds is 5. The molecule has 4 aliphatic heterocycles. The fourth-order valence-electron chi connectivity index (χ4n) is 4.83. The molecule has 146 valence electrons. The van der Waals surface area contributed by atoms with Gasteiger partial charge >= 0.3 is 0 Å². The summed E-state index contributed by atoms with van der Waals surface area (Å²) in [5.41, 5.74) is 7.57. The molecule has 2 amide bonds. The first-order chi connectivity index (χ1) is 13.2. The maximum Gasteiger partial charge on any atom is 0.228 e. The standard InChI is InChI=1S/C21H30N4O2/c1-2-6-19-18(11-22-23-19)21(27)24-13-16-9-10-17(14-24)25(20(16)26)12-15-7-4-3-5-8-15/h3-5,7-8,16-19,22-23H,2,6,9-14H2,1H3/t16-,17+,18?,19?/m1/s1. The maximum atomic E-state index is 13.2. The molecule has 27 heavy (non-hydrogen) atoms. The number of piperidine rings is 1. The molecule has 4 atom stereocenters. The Morgan fingerprint density at radius 3 is 2.78 bits per heavy atom. The fourth-order valence-corrected chi connectivity index (χ4v) is 4.83. The van der Waals surface area contributed by atoms with Gasteiger partial charge in [0.1, 0.15) is 0 Å². The highest BCUT2D eigenvalue weighted by Crippen LogP contribution is 2.31. The van der Waals surface area contributed by atoms with Crippen LogP contribution in [0.2, 0.25) is 0 Å². The Kier molecular flexibility index (Phi) is 5.45. The van der Waals surface area contributed by atoms with Crippen molar-refractivity contribution < 1.29 is 9.59 Å². The van der Waals surface area contributed by atoms with Crippen molar-refractivity contribution in [1.29, 1.82) is 0 Å². The number of carbonyl (C=O) groups excluding carboxylic acids is 2. The minimum Gasteiger partial charge on any atom is -0.340 e. The van der Waals surface area contributed by atoms with E-state index in [1.807, 2.05) is 28.0 Å². The summed E-state index contributed by atoms with van der Waals surface area (Å²) in [5, 5.41) is 0. The molecule has 6 nitrogen and oxygen atoms in total. The van der Waals surface area contributed by atoms with Crippen LogP contribution >= 0.6 is 0 Å². The number of hydrogen-bond donors (Lipinski definition) is 2. The van der Waals surface area contributed by atoms with Crippen LogP contribution in [0.4, 0.5) is 0 Å². The number of hydrazine groups is 1. The predicted molar refractivity (Wildman–Crippen MR) is 103 cm³/mol. The number of nitrogens with one attached hydrogen (secondary N) is 2. The molecule has 0 radical (unpaired) electrons. The van der Waals surface area contributed by atoms with E-state index in [1.54, 1.807) is 0 Å². The van der Waals surface area contributed by atoms with Crippen LogP contribution in [0.5, 0.6) is 0 Å². The summed E-state index contributed by atoms with van der Waals surface area (Å²) < 4.78 is 0. The van der Waals surface area contributed by atoms with Crippen LogP contribution in [0.25, 0.3) is 0 Å². The molecule has 4 fully saturated rings. The lowest BCUT2D eigenvalue weighted by Gasteiger charge is -2.36. The molecule has 4 heterocycles. The highest BCUT2D eigenvalue weighted by molar-refractivity contribution is 5.84. The van der Waals surface area contributed by atoms with E-state index in [0.29, 0.717) is 26.2 Å². The van der Waals surface area contributed by atoms with Gasteiger partial charge in [0.15, 0.2) is 0 Å². The molecule has 5 rings (SSSR count). The van der Waals surface area contributed by atoms with Crippen molar-refractivity contribution in [3.05, 3.63) is 35.9 Å². The molecular weight excluding hydrogens is 340 g/mol. The summed E-state index contributed by atoms with van der Waals surface area (Å²) in [6.07, 6.45) is 3.94. The van der Waals surface area contributed by atoms with Crippen molar-refractivity contribution in [2.75, 3.05) is 19.6 Å². The van der Waals surface area contributed by atoms with Gasteiger partial charge in [-0.1, -0.05) is 43.7 Å². The van der Waals surface area contributed by atoms with Crippen molar-refractivity contribution in [3.63, 3.8) is 0 Å². The van der Waals surface area contributed by atoms with Crippen molar-refractivity contribution >= 4 is 11.8 Å². The zero-order chi connectivity index (χ0) is 18.8. The smallest absolute Gasteiger partial charge is 0.228 e. The molecule has 4 saturated heterocycles. The van der Waals surface area contributed by atoms with Gasteiger partial charge in [0, 0.05) is 38.3 Å². The Morgan fingerprint density at radius 1 is 1.19 bits per heavy atom. The number of hydrogen-bond acceptors (Lipinski definition) is 4. The molecule has 1 aromatic rings. The van der Waals surface area contributed by atoms with Crippen molar-refractivity contribution in [2.45, 2.75) is 51.2 Å². The summed E-state index contributed by atoms with van der Waals surface area (Å²) in [7, 11) is 0. The van der Waals surface area contributed by atoms with Crippen LogP contribution < -0.4 is 10.9 Å². The van der Waals surface area contributed by atoms with Gasteiger partial charge in [-0.25, -0.2) is 0 Å². The van der Waals surface area contributed by atoms with E-state index in [9.17, 15) is 9.59 Å². The van der Waals surface area contributed by atoms with E-state index in [2.05, 4.69) is 29.9 Å². The highest BCUT2D eigenvalue weighted by Gasteiger charge is 2.44. The molecule has 1 aromatic carbocycles. The Labute approximate surface area is 161 Å². The Balaban J connectivity index is 1.49. The summed E-state index contributed by atoms with van der Waals surface area (Å²) >= 11 is 0. The summed E-state index contributed by atoms with van der Waals surface area (Å²) in [5.74, 6) is 0.346. The van der Waals surface area contributed by atoms with E-state index in [1.165, 1.54) is 0 Å². The zero-order valence-corrected chi connectivity index (χ0v) is 16.1. The molecular formula is C21H30N4O2. The highest BCUT2D eigenvalue weighted by atomic mass is 16.2. The van der Waals surface area contributed by atoms with Gasteiger partial charge in [-0.2, -0.15) is 0 Å². The van der Waals surface area contributed by atoms with Gasteiger partial charge in [-0.3, -0.25) is 20.4 Å². The molecule has 0 aromatic heterocycles. The van der Waals surface area contributed by atoms with Crippen LogP contribution in [-0.2, 0) is 16.1 Å². The Bertz CT molecular complexity index is 680. The van der Waals surface area contributed by atoms with Crippen molar-refractivity contribution in [1.82, 2.24) is 20.7 Å². The van der Waals surface area contributed by atoms with E-state index in [0.717, 1.165) is 31.2 Å². The maximum absolute atomic E-state index is 13.2. The summed E-state index contributed by atoms with van der Waals surface area (Å²) in [4.78, 5) is 30.3. The van der Waals surface area contributed by atoms with Gasteiger partial charge in [0.2, 0.25) is 11.8 Å². The summed E-state index contributed by atoms with van der Waals surface area (Å²) in [6, 6.07) is 10.5. The number of amides is 2. The average Bonchev–Trinajstić information content (AvgIpc) is 2.97. The molecule has 0 saturated carbocycles. The molecule has 0 aliphatic carbocycles. The Morgan fingerprint density at radius 2 is 2.00 bits per heavy atom. The molecule has 2 unspecified atom stereocenters. The van der Waals surface area contributed by atoms with Crippen LogP contribution in [0.15, 0.2) is 30.3 Å². The predicted octanol–water partition coefficient (Wildman–Crippen LogP) is 1.53. The molecule has 0 spiro atoms. The van der Waals surface area contributed by atoms with Crippen LogP contribution in [0, 0.1) is 11.8 Å². The first-order valence-corrected chi connectivity index (χ1v) is 10.3. The second-order valence-electron chi connectivity index (χ2n) is 8.15. The van der Waals surface area contributed by atoms with Crippen molar-refractivity contribution in [2.24, 2.45) is 11.8 Å². The topological polar surface area (TPSA) is 64.7 Å². The number of fused-ring (bicyclic) bond motifs is 4. The average molecular weight is 370 g/mol. The van der Waals surface area contributed by atoms with Gasteiger partial charge in [0.25, 0.3) is 0 Å². The zero-order valence-electron chi connectivity index (χ0n) is 16.1.